The number of fused-ring (bicyclic) bond motifs is 5. The van der Waals surface area contributed by atoms with E-state index in [-0.39, 0.29) is 11.2 Å². The van der Waals surface area contributed by atoms with Gasteiger partial charge in [-0.2, -0.15) is 0 Å². The van der Waals surface area contributed by atoms with Crippen molar-refractivity contribution >= 4 is 65.3 Å². The first kappa shape index (κ1) is 31.0. The minimum absolute atomic E-state index is 0.0600. The molecular weight excluding hydrogens is 645 g/mol. The van der Waals surface area contributed by atoms with Gasteiger partial charge in [-0.1, -0.05) is 118 Å². The highest BCUT2D eigenvalue weighted by Crippen LogP contribution is 2.44. The third kappa shape index (κ3) is 5.47. The first-order chi connectivity index (χ1) is 24.8. The quantitative estimate of drug-likeness (QED) is 0.184. The zero-order chi connectivity index (χ0) is 34.7. The third-order valence-electron chi connectivity index (χ3n) is 9.66. The summed E-state index contributed by atoms with van der Waals surface area (Å²) in [7, 11) is 0. The number of aliphatic imine (C=N–C) groups is 1. The number of thiophene rings is 1. The Morgan fingerprint density at radius 1 is 0.667 bits per heavy atom. The SMILES string of the molecule is CC(C)(C)c1ccc(O)c(C=Nc2ccccc2-c2nc3c(-c4cccc5ccccc45)cc(-c4cccc5c4sc4ccccc45)cc3o2)c1. The van der Waals surface area contributed by atoms with Gasteiger partial charge in [-0.05, 0) is 80.9 Å². The number of rotatable bonds is 5. The summed E-state index contributed by atoms with van der Waals surface area (Å²) in [4.78, 5) is 10.1. The molecule has 0 aliphatic carbocycles. The maximum absolute atomic E-state index is 10.7. The normalized spacial score (nSPS) is 12.2. The van der Waals surface area contributed by atoms with E-state index < -0.39 is 0 Å². The highest BCUT2D eigenvalue weighted by molar-refractivity contribution is 7.26. The van der Waals surface area contributed by atoms with Gasteiger partial charge < -0.3 is 9.52 Å². The number of hydrogen-bond acceptors (Lipinski definition) is 5. The highest BCUT2D eigenvalue weighted by atomic mass is 32.1. The van der Waals surface area contributed by atoms with Crippen LogP contribution in [0.2, 0.25) is 0 Å². The second-order valence-electron chi connectivity index (χ2n) is 14.0. The van der Waals surface area contributed by atoms with Crippen LogP contribution >= 0.6 is 11.3 Å². The summed E-state index contributed by atoms with van der Waals surface area (Å²) >= 11 is 1.82. The number of phenols is 1. The van der Waals surface area contributed by atoms with Gasteiger partial charge in [0.05, 0.1) is 11.3 Å². The molecule has 0 aliphatic rings. The smallest absolute Gasteiger partial charge is 0.229 e. The summed E-state index contributed by atoms with van der Waals surface area (Å²) < 4.78 is 9.23. The summed E-state index contributed by atoms with van der Waals surface area (Å²) in [5, 5.41) is 15.5. The Morgan fingerprint density at radius 3 is 2.25 bits per heavy atom. The van der Waals surface area contributed by atoms with E-state index in [9.17, 15) is 5.11 Å². The van der Waals surface area contributed by atoms with Crippen LogP contribution in [0.3, 0.4) is 0 Å². The Labute approximate surface area is 300 Å². The number of hydrogen-bond donors (Lipinski definition) is 1. The van der Waals surface area contributed by atoms with E-state index >= 15 is 0 Å². The summed E-state index contributed by atoms with van der Waals surface area (Å²) in [6.07, 6.45) is 1.72. The third-order valence-corrected chi connectivity index (χ3v) is 10.9. The van der Waals surface area contributed by atoms with Gasteiger partial charge in [-0.25, -0.2) is 4.98 Å². The van der Waals surface area contributed by atoms with Crippen molar-refractivity contribution in [1.29, 1.82) is 0 Å². The fourth-order valence-corrected chi connectivity index (χ4v) is 8.21. The van der Waals surface area contributed by atoms with Crippen LogP contribution in [0, 0.1) is 0 Å². The maximum atomic E-state index is 10.7. The summed E-state index contributed by atoms with van der Waals surface area (Å²) in [6, 6.07) is 48.0. The number of phenolic OH excluding ortho intramolecular Hbond substituents is 1. The lowest BCUT2D eigenvalue weighted by atomic mass is 9.86. The average molecular weight is 679 g/mol. The van der Waals surface area contributed by atoms with E-state index in [0.717, 1.165) is 44.3 Å². The summed E-state index contributed by atoms with van der Waals surface area (Å²) in [6.45, 7) is 6.47. The summed E-state index contributed by atoms with van der Waals surface area (Å²) in [5.41, 5.74) is 9.05. The molecule has 0 fully saturated rings. The number of aromatic hydroxyl groups is 1. The van der Waals surface area contributed by atoms with Crippen LogP contribution < -0.4 is 0 Å². The molecule has 0 saturated carbocycles. The Kier molecular flexibility index (Phi) is 7.34. The van der Waals surface area contributed by atoms with Gasteiger partial charge in [-0.15, -0.1) is 11.3 Å². The molecule has 4 nitrogen and oxygen atoms in total. The Morgan fingerprint density at radius 2 is 1.37 bits per heavy atom. The van der Waals surface area contributed by atoms with Crippen molar-refractivity contribution in [2.24, 2.45) is 4.99 Å². The second-order valence-corrected chi connectivity index (χ2v) is 15.0. The number of benzene rings is 7. The Hall–Kier alpha value is -6.04. The van der Waals surface area contributed by atoms with E-state index in [1.165, 1.54) is 25.6 Å². The molecule has 0 unspecified atom stereocenters. The van der Waals surface area contributed by atoms with Crippen molar-refractivity contribution in [3.8, 4) is 39.5 Å². The van der Waals surface area contributed by atoms with Crippen molar-refractivity contribution < 1.29 is 9.52 Å². The average Bonchev–Trinajstić information content (AvgIpc) is 3.75. The molecule has 0 amide bonds. The van der Waals surface area contributed by atoms with Crippen molar-refractivity contribution in [2.45, 2.75) is 26.2 Å². The van der Waals surface area contributed by atoms with Crippen LogP contribution in [0.4, 0.5) is 5.69 Å². The fraction of sp³-hybridized carbons (Fsp3) is 0.0870. The highest BCUT2D eigenvalue weighted by Gasteiger charge is 2.20. The monoisotopic (exact) mass is 678 g/mol. The van der Waals surface area contributed by atoms with Crippen LogP contribution in [0.5, 0.6) is 5.75 Å². The van der Waals surface area contributed by atoms with Gasteiger partial charge in [0.1, 0.15) is 11.3 Å². The number of aromatic nitrogens is 1. The molecule has 2 heterocycles. The van der Waals surface area contributed by atoms with Gasteiger partial charge in [0.25, 0.3) is 0 Å². The van der Waals surface area contributed by atoms with Gasteiger partial charge in [0.15, 0.2) is 5.58 Å². The minimum Gasteiger partial charge on any atom is -0.507 e. The molecule has 0 spiro atoms. The predicted molar refractivity (Wildman–Crippen MR) is 215 cm³/mol. The van der Waals surface area contributed by atoms with Crippen molar-refractivity contribution in [3.05, 3.63) is 151 Å². The van der Waals surface area contributed by atoms with Crippen molar-refractivity contribution in [3.63, 3.8) is 0 Å². The molecule has 5 heteroatoms. The number of para-hydroxylation sites is 1. The topological polar surface area (TPSA) is 58.6 Å². The Balaban J connectivity index is 1.24. The molecule has 2 aromatic heterocycles. The molecule has 7 aromatic carbocycles. The molecule has 9 aromatic rings. The van der Waals surface area contributed by atoms with Crippen molar-refractivity contribution in [1.82, 2.24) is 4.98 Å². The largest absolute Gasteiger partial charge is 0.507 e. The van der Waals surface area contributed by atoms with Crippen LogP contribution in [-0.4, -0.2) is 16.3 Å². The molecule has 0 atom stereocenters. The van der Waals surface area contributed by atoms with Gasteiger partial charge in [0.2, 0.25) is 5.89 Å². The van der Waals surface area contributed by atoms with E-state index in [1.807, 2.05) is 47.7 Å². The van der Waals surface area contributed by atoms with Gasteiger partial charge in [0, 0.05) is 37.5 Å². The minimum atomic E-state index is -0.0600. The first-order valence-electron chi connectivity index (χ1n) is 17.1. The van der Waals surface area contributed by atoms with E-state index in [1.54, 1.807) is 12.3 Å². The van der Waals surface area contributed by atoms with Crippen LogP contribution in [-0.2, 0) is 5.41 Å². The van der Waals surface area contributed by atoms with Crippen LogP contribution in [0.25, 0.3) is 75.8 Å². The lowest BCUT2D eigenvalue weighted by Gasteiger charge is -2.19. The van der Waals surface area contributed by atoms with Gasteiger partial charge in [-0.3, -0.25) is 4.99 Å². The molecular formula is C46H34N2O2S. The molecule has 0 saturated heterocycles. The number of oxazole rings is 1. The second kappa shape index (κ2) is 12.1. The molecule has 51 heavy (non-hydrogen) atoms. The zero-order valence-corrected chi connectivity index (χ0v) is 29.3. The molecule has 9 rings (SSSR count). The predicted octanol–water partition coefficient (Wildman–Crippen LogP) is 13.1. The fourth-order valence-electron chi connectivity index (χ4n) is 6.97. The Bertz CT molecular complexity index is 2810. The molecule has 0 aliphatic heterocycles. The van der Waals surface area contributed by atoms with Crippen molar-refractivity contribution in [2.75, 3.05) is 0 Å². The van der Waals surface area contributed by atoms with Crippen LogP contribution in [0.1, 0.15) is 31.9 Å². The molecule has 1 N–H and O–H groups in total. The van der Waals surface area contributed by atoms with Gasteiger partial charge >= 0.3 is 0 Å². The standard InChI is InChI=1S/C46H34N2O2S/c1-46(2,3)31-22-23-40(49)30(24-31)27-47-39-20-8-6-16-37(39)45-48-43-38(34-18-10-13-28-12-4-5-14-32(28)34)25-29(26-41(43)50-45)33-17-11-19-36-35-15-7-9-21-42(35)51-44(33)36/h4-27,49H,1-3H3. The van der Waals surface area contributed by atoms with E-state index in [4.69, 9.17) is 14.4 Å². The summed E-state index contributed by atoms with van der Waals surface area (Å²) in [5.74, 6) is 0.677. The van der Waals surface area contributed by atoms with E-state index in [2.05, 4.69) is 118 Å². The molecule has 0 radical (unpaired) electrons. The molecule has 246 valence electrons. The lowest BCUT2D eigenvalue weighted by Crippen LogP contribution is -2.11. The van der Waals surface area contributed by atoms with Crippen LogP contribution in [0.15, 0.2) is 149 Å². The maximum Gasteiger partial charge on any atom is 0.229 e. The van der Waals surface area contributed by atoms with E-state index in [0.29, 0.717) is 22.7 Å². The molecule has 0 bridgehead atoms. The zero-order valence-electron chi connectivity index (χ0n) is 28.5. The number of nitrogens with zero attached hydrogens (tertiary/aromatic N) is 2. The lowest BCUT2D eigenvalue weighted by molar-refractivity contribution is 0.473. The first-order valence-corrected chi connectivity index (χ1v) is 17.9.